The molecule has 3 heterocycles. The van der Waals surface area contributed by atoms with Gasteiger partial charge in [-0.15, -0.1) is 22.7 Å². The van der Waals surface area contributed by atoms with E-state index >= 15 is 0 Å². The van der Waals surface area contributed by atoms with Crippen LogP contribution in [0.25, 0.3) is 31.8 Å². The lowest BCUT2D eigenvalue weighted by Gasteiger charge is -2.11. The molecular weight excluding hydrogens is 440 g/mol. The highest BCUT2D eigenvalue weighted by Crippen LogP contribution is 2.46. The van der Waals surface area contributed by atoms with E-state index in [1.54, 1.807) is 46.9 Å². The van der Waals surface area contributed by atoms with E-state index in [4.69, 9.17) is 9.40 Å². The van der Waals surface area contributed by atoms with Gasteiger partial charge in [0.15, 0.2) is 11.2 Å². The Bertz CT molecular complexity index is 1530. The second-order valence-electron chi connectivity index (χ2n) is 7.83. The van der Waals surface area contributed by atoms with Crippen LogP contribution in [-0.2, 0) is 12.8 Å². The number of nitrogens with zero attached hydrogens (tertiary/aromatic N) is 1. The molecule has 7 heteroatoms. The van der Waals surface area contributed by atoms with Gasteiger partial charge in [0.05, 0.1) is 15.6 Å². The molecule has 32 heavy (non-hydrogen) atoms. The van der Waals surface area contributed by atoms with E-state index in [0.29, 0.717) is 11.0 Å². The van der Waals surface area contributed by atoms with Crippen molar-refractivity contribution >= 4 is 54.8 Å². The van der Waals surface area contributed by atoms with Gasteiger partial charge < -0.3 is 9.73 Å². The topological polar surface area (TPSA) is 72.2 Å². The van der Waals surface area contributed by atoms with Gasteiger partial charge in [0.1, 0.15) is 15.6 Å². The van der Waals surface area contributed by atoms with Crippen LogP contribution < -0.4 is 10.7 Å². The molecule has 3 aromatic heterocycles. The molecule has 158 valence electrons. The maximum absolute atomic E-state index is 13.1. The zero-order chi connectivity index (χ0) is 21.7. The van der Waals surface area contributed by atoms with Crippen LogP contribution in [0, 0.1) is 0 Å². The number of rotatable bonds is 3. The van der Waals surface area contributed by atoms with E-state index in [1.165, 1.54) is 16.5 Å². The molecule has 0 spiro atoms. The van der Waals surface area contributed by atoms with Crippen molar-refractivity contribution in [1.29, 1.82) is 0 Å². The van der Waals surface area contributed by atoms with E-state index < -0.39 is 5.91 Å². The Kier molecular flexibility index (Phi) is 4.66. The number of carbonyl (C=O) groups excluding carboxylic acids is 1. The van der Waals surface area contributed by atoms with Crippen LogP contribution in [0.1, 0.15) is 33.8 Å². The zero-order valence-corrected chi connectivity index (χ0v) is 18.6. The van der Waals surface area contributed by atoms with Gasteiger partial charge in [-0.2, -0.15) is 0 Å². The fourth-order valence-electron chi connectivity index (χ4n) is 4.24. The van der Waals surface area contributed by atoms with Gasteiger partial charge in [-0.25, -0.2) is 4.98 Å². The standard InChI is InChI=1S/C25H18N2O3S2/c28-17-13-19(30-18-10-4-1-7-14(17)18)23(29)27-25-22(15-8-2-5-11-20(15)31-25)24-26-16-9-3-6-12-21(16)32-24/h1,3-4,6-7,9-10,12-13H,2,5,8,11H2,(H,27,29). The van der Waals surface area contributed by atoms with Gasteiger partial charge in [0.25, 0.3) is 5.91 Å². The van der Waals surface area contributed by atoms with Crippen LogP contribution >= 0.6 is 22.7 Å². The lowest BCUT2D eigenvalue weighted by atomic mass is 9.96. The minimum Gasteiger partial charge on any atom is -0.451 e. The summed E-state index contributed by atoms with van der Waals surface area (Å²) in [6.07, 6.45) is 4.28. The van der Waals surface area contributed by atoms with Crippen molar-refractivity contribution in [1.82, 2.24) is 4.98 Å². The fraction of sp³-hybridized carbons (Fsp3) is 0.160. The zero-order valence-electron chi connectivity index (χ0n) is 17.0. The number of nitrogens with one attached hydrogen (secondary N) is 1. The summed E-state index contributed by atoms with van der Waals surface area (Å²) in [4.78, 5) is 31.7. The maximum atomic E-state index is 13.1. The summed E-state index contributed by atoms with van der Waals surface area (Å²) in [5, 5.41) is 5.19. The number of hydrogen-bond donors (Lipinski definition) is 1. The molecule has 0 radical (unpaired) electrons. The summed E-state index contributed by atoms with van der Waals surface area (Å²) >= 11 is 3.25. The van der Waals surface area contributed by atoms with Crippen molar-refractivity contribution in [3.8, 4) is 10.6 Å². The molecule has 0 aliphatic heterocycles. The van der Waals surface area contributed by atoms with Crippen LogP contribution in [0.5, 0.6) is 0 Å². The first-order valence-electron chi connectivity index (χ1n) is 10.5. The molecule has 0 bridgehead atoms. The van der Waals surface area contributed by atoms with Gasteiger partial charge in [-0.1, -0.05) is 24.3 Å². The van der Waals surface area contributed by atoms with E-state index in [1.807, 2.05) is 18.2 Å². The van der Waals surface area contributed by atoms with Crippen LogP contribution in [0.15, 0.2) is 63.8 Å². The first kappa shape index (κ1) is 19.4. The first-order valence-corrected chi connectivity index (χ1v) is 12.2. The Morgan fingerprint density at radius 2 is 1.81 bits per heavy atom. The lowest BCUT2D eigenvalue weighted by Crippen LogP contribution is -2.14. The van der Waals surface area contributed by atoms with Gasteiger partial charge in [0, 0.05) is 16.5 Å². The second-order valence-corrected chi connectivity index (χ2v) is 9.96. The molecule has 6 rings (SSSR count). The largest absolute Gasteiger partial charge is 0.451 e. The van der Waals surface area contributed by atoms with Crippen LogP contribution in [0.4, 0.5) is 5.00 Å². The number of aromatic nitrogens is 1. The quantitative estimate of drug-likeness (QED) is 0.346. The molecule has 1 aliphatic rings. The third kappa shape index (κ3) is 3.25. The number of thiazole rings is 1. The monoisotopic (exact) mass is 458 g/mol. The lowest BCUT2D eigenvalue weighted by molar-refractivity contribution is 0.0997. The number of amides is 1. The van der Waals surface area contributed by atoms with E-state index in [0.717, 1.165) is 51.5 Å². The highest BCUT2D eigenvalue weighted by molar-refractivity contribution is 7.23. The second kappa shape index (κ2) is 7.69. The minimum absolute atomic E-state index is 0.00956. The maximum Gasteiger partial charge on any atom is 0.292 e. The molecule has 0 saturated carbocycles. The first-order chi connectivity index (χ1) is 15.7. The minimum atomic E-state index is -0.422. The van der Waals surface area contributed by atoms with Crippen molar-refractivity contribution in [3.63, 3.8) is 0 Å². The summed E-state index contributed by atoms with van der Waals surface area (Å²) < 4.78 is 6.87. The number of aryl methyl sites for hydroxylation is 1. The molecule has 5 nitrogen and oxygen atoms in total. The number of fused-ring (bicyclic) bond motifs is 3. The highest BCUT2D eigenvalue weighted by Gasteiger charge is 2.26. The molecule has 0 atom stereocenters. The molecule has 0 fully saturated rings. The summed E-state index contributed by atoms with van der Waals surface area (Å²) in [5.74, 6) is -0.413. The normalized spacial score (nSPS) is 13.4. The molecule has 2 aromatic carbocycles. The summed E-state index contributed by atoms with van der Waals surface area (Å²) in [6.45, 7) is 0. The van der Waals surface area contributed by atoms with E-state index in [9.17, 15) is 9.59 Å². The highest BCUT2D eigenvalue weighted by atomic mass is 32.1. The fourth-order valence-corrected chi connectivity index (χ4v) is 6.63. The Labute approximate surface area is 191 Å². The predicted molar refractivity (Wildman–Crippen MR) is 130 cm³/mol. The molecule has 1 aliphatic carbocycles. The van der Waals surface area contributed by atoms with Gasteiger partial charge in [-0.05, 0) is 55.5 Å². The van der Waals surface area contributed by atoms with Gasteiger partial charge >= 0.3 is 0 Å². The average molecular weight is 459 g/mol. The summed E-state index contributed by atoms with van der Waals surface area (Å²) in [5.41, 5.74) is 3.44. The van der Waals surface area contributed by atoms with Crippen molar-refractivity contribution in [3.05, 3.63) is 81.0 Å². The molecule has 0 saturated heterocycles. The van der Waals surface area contributed by atoms with Gasteiger partial charge in [-0.3, -0.25) is 9.59 Å². The molecule has 1 N–H and O–H groups in total. The van der Waals surface area contributed by atoms with Crippen molar-refractivity contribution in [2.75, 3.05) is 5.32 Å². The Hall–Kier alpha value is -3.29. The van der Waals surface area contributed by atoms with Gasteiger partial charge in [0.2, 0.25) is 0 Å². The molecular formula is C25H18N2O3S2. The Morgan fingerprint density at radius 1 is 1.00 bits per heavy atom. The number of hydrogen-bond acceptors (Lipinski definition) is 6. The van der Waals surface area contributed by atoms with Crippen molar-refractivity contribution < 1.29 is 9.21 Å². The number of carbonyl (C=O) groups is 1. The van der Waals surface area contributed by atoms with Crippen LogP contribution in [0.2, 0.25) is 0 Å². The summed E-state index contributed by atoms with van der Waals surface area (Å²) in [7, 11) is 0. The number of para-hydroxylation sites is 2. The smallest absolute Gasteiger partial charge is 0.292 e. The SMILES string of the molecule is O=C(Nc1sc2c(c1-c1nc3ccccc3s1)CCCC2)c1cc(=O)c2ccccc2o1. The van der Waals surface area contributed by atoms with E-state index in [-0.39, 0.29) is 11.2 Å². The average Bonchev–Trinajstić information content (AvgIpc) is 3.39. The third-order valence-corrected chi connectivity index (χ3v) is 8.03. The molecule has 1 amide bonds. The predicted octanol–water partition coefficient (Wildman–Crippen LogP) is 6.26. The number of benzene rings is 2. The van der Waals surface area contributed by atoms with Crippen LogP contribution in [-0.4, -0.2) is 10.9 Å². The van der Waals surface area contributed by atoms with Crippen molar-refractivity contribution in [2.24, 2.45) is 0 Å². The Morgan fingerprint density at radius 3 is 2.72 bits per heavy atom. The molecule has 5 aromatic rings. The van der Waals surface area contributed by atoms with Crippen molar-refractivity contribution in [2.45, 2.75) is 25.7 Å². The third-order valence-electron chi connectivity index (χ3n) is 5.76. The van der Waals surface area contributed by atoms with E-state index in [2.05, 4.69) is 11.4 Å². The Balaban J connectivity index is 1.44. The number of anilines is 1. The number of thiophene rings is 1. The summed E-state index contributed by atoms with van der Waals surface area (Å²) in [6, 6.07) is 16.3. The van der Waals surface area contributed by atoms with Crippen LogP contribution in [0.3, 0.4) is 0 Å². The molecule has 0 unspecified atom stereocenters.